The van der Waals surface area contributed by atoms with Crippen molar-refractivity contribution in [1.29, 1.82) is 0 Å². The van der Waals surface area contributed by atoms with Crippen molar-refractivity contribution in [3.8, 4) is 5.75 Å². The van der Waals surface area contributed by atoms with E-state index in [0.29, 0.717) is 25.9 Å². The number of hydrogen-bond donors (Lipinski definition) is 0. The smallest absolute Gasteiger partial charge is 0.311 e. The summed E-state index contributed by atoms with van der Waals surface area (Å²) < 4.78 is 10.4. The Balaban J connectivity index is 1.99. The number of rotatable bonds is 16. The number of carbonyl (C=O) groups excluding carboxylic acids is 2. The zero-order valence-corrected chi connectivity index (χ0v) is 17.4. The van der Waals surface area contributed by atoms with Crippen molar-refractivity contribution < 1.29 is 24.0 Å². The second kappa shape index (κ2) is 15.5. The van der Waals surface area contributed by atoms with Gasteiger partial charge in [-0.2, -0.15) is 0 Å². The summed E-state index contributed by atoms with van der Waals surface area (Å²) in [6, 6.07) is 5.38. The molecular formula is C22H33NO6. The van der Waals surface area contributed by atoms with E-state index in [9.17, 15) is 19.7 Å². The van der Waals surface area contributed by atoms with Gasteiger partial charge in [0.25, 0.3) is 5.69 Å². The summed E-state index contributed by atoms with van der Waals surface area (Å²) in [4.78, 5) is 33.5. The first-order valence-electron chi connectivity index (χ1n) is 10.6. The standard InChI is InChI=1S/C22H33NO6/c1-2-3-4-5-6-7-11-18-28-21(24)12-9-8-10-13-22(25)29-20-16-14-19(15-17-20)23(26)27/h14-17H,2-13,18H2,1H3. The third kappa shape index (κ3) is 12.6. The number of benzene rings is 1. The quantitative estimate of drug-likeness (QED) is 0.114. The summed E-state index contributed by atoms with van der Waals surface area (Å²) in [5.74, 6) is -0.278. The molecule has 0 saturated heterocycles. The van der Waals surface area contributed by atoms with Gasteiger partial charge in [0.1, 0.15) is 5.75 Å². The van der Waals surface area contributed by atoms with Crippen LogP contribution in [0.5, 0.6) is 5.75 Å². The molecule has 1 rings (SSSR count). The van der Waals surface area contributed by atoms with Gasteiger partial charge in [-0.25, -0.2) is 0 Å². The molecule has 0 unspecified atom stereocenters. The second-order valence-electron chi connectivity index (χ2n) is 7.13. The highest BCUT2D eigenvalue weighted by atomic mass is 16.6. The maximum atomic E-state index is 11.8. The number of nitrogens with zero attached hydrogens (tertiary/aromatic N) is 1. The van der Waals surface area contributed by atoms with Crippen molar-refractivity contribution in [3.05, 3.63) is 34.4 Å². The molecule has 0 heterocycles. The zero-order chi connectivity index (χ0) is 21.3. The molecule has 0 spiro atoms. The summed E-state index contributed by atoms with van der Waals surface area (Å²) in [5, 5.41) is 10.6. The van der Waals surface area contributed by atoms with Gasteiger partial charge in [-0.1, -0.05) is 51.9 Å². The number of esters is 2. The van der Waals surface area contributed by atoms with Gasteiger partial charge in [0.15, 0.2) is 0 Å². The average molecular weight is 408 g/mol. The van der Waals surface area contributed by atoms with Crippen molar-refractivity contribution in [2.45, 2.75) is 84.0 Å². The highest BCUT2D eigenvalue weighted by molar-refractivity contribution is 5.72. The average Bonchev–Trinajstić information content (AvgIpc) is 2.70. The fourth-order valence-corrected chi connectivity index (χ4v) is 2.85. The van der Waals surface area contributed by atoms with E-state index in [-0.39, 0.29) is 29.8 Å². The van der Waals surface area contributed by atoms with E-state index in [0.717, 1.165) is 19.3 Å². The summed E-state index contributed by atoms with van der Waals surface area (Å²) in [7, 11) is 0. The van der Waals surface area contributed by atoms with Crippen molar-refractivity contribution in [3.63, 3.8) is 0 Å². The Morgan fingerprint density at radius 3 is 2.00 bits per heavy atom. The molecule has 0 aromatic heterocycles. The molecule has 0 atom stereocenters. The summed E-state index contributed by atoms with van der Waals surface area (Å²) in [5.41, 5.74) is -0.0522. The molecule has 0 fully saturated rings. The molecule has 0 amide bonds. The first-order chi connectivity index (χ1) is 14.0. The lowest BCUT2D eigenvalue weighted by Crippen LogP contribution is -2.08. The molecule has 0 aliphatic carbocycles. The minimum absolute atomic E-state index is 0.0522. The zero-order valence-electron chi connectivity index (χ0n) is 17.4. The Labute approximate surface area is 172 Å². The molecule has 0 N–H and O–H groups in total. The van der Waals surface area contributed by atoms with E-state index in [2.05, 4.69) is 6.92 Å². The Morgan fingerprint density at radius 2 is 1.38 bits per heavy atom. The predicted molar refractivity (Wildman–Crippen MR) is 111 cm³/mol. The van der Waals surface area contributed by atoms with E-state index in [1.807, 2.05) is 0 Å². The van der Waals surface area contributed by atoms with E-state index in [4.69, 9.17) is 9.47 Å². The molecule has 1 aromatic rings. The van der Waals surface area contributed by atoms with Gasteiger partial charge in [-0.3, -0.25) is 19.7 Å². The molecule has 7 nitrogen and oxygen atoms in total. The first-order valence-corrected chi connectivity index (χ1v) is 10.6. The van der Waals surface area contributed by atoms with Crippen LogP contribution in [0.15, 0.2) is 24.3 Å². The van der Waals surface area contributed by atoms with Crippen LogP contribution in [0.25, 0.3) is 0 Å². The lowest BCUT2D eigenvalue weighted by atomic mass is 10.1. The minimum atomic E-state index is -0.509. The molecule has 0 aliphatic rings. The molecule has 0 radical (unpaired) electrons. The van der Waals surface area contributed by atoms with E-state index in [1.54, 1.807) is 0 Å². The molecule has 162 valence electrons. The van der Waals surface area contributed by atoms with Crippen LogP contribution in [0.3, 0.4) is 0 Å². The monoisotopic (exact) mass is 407 g/mol. The minimum Gasteiger partial charge on any atom is -0.466 e. The number of nitro groups is 1. The number of non-ortho nitro benzene ring substituents is 1. The van der Waals surface area contributed by atoms with Crippen LogP contribution >= 0.6 is 0 Å². The number of hydrogen-bond acceptors (Lipinski definition) is 6. The van der Waals surface area contributed by atoms with Gasteiger partial charge in [0, 0.05) is 25.0 Å². The normalized spacial score (nSPS) is 10.5. The Bertz CT molecular complexity index is 614. The fraction of sp³-hybridized carbons (Fsp3) is 0.636. The lowest BCUT2D eigenvalue weighted by molar-refractivity contribution is -0.384. The number of unbranched alkanes of at least 4 members (excludes halogenated alkanes) is 8. The maximum absolute atomic E-state index is 11.8. The van der Waals surface area contributed by atoms with E-state index >= 15 is 0 Å². The fourth-order valence-electron chi connectivity index (χ4n) is 2.85. The van der Waals surface area contributed by atoms with Crippen molar-refractivity contribution >= 4 is 17.6 Å². The van der Waals surface area contributed by atoms with Crippen molar-refractivity contribution in [2.75, 3.05) is 6.61 Å². The van der Waals surface area contributed by atoms with E-state index in [1.165, 1.54) is 56.4 Å². The third-order valence-corrected chi connectivity index (χ3v) is 4.55. The SMILES string of the molecule is CCCCCCCCCOC(=O)CCCCCC(=O)Oc1ccc([N+](=O)[O-])cc1. The van der Waals surface area contributed by atoms with Gasteiger partial charge >= 0.3 is 11.9 Å². The summed E-state index contributed by atoms with van der Waals surface area (Å²) in [6.45, 7) is 2.70. The van der Waals surface area contributed by atoms with Crippen LogP contribution in [-0.4, -0.2) is 23.5 Å². The highest BCUT2D eigenvalue weighted by Crippen LogP contribution is 2.18. The van der Waals surface area contributed by atoms with Gasteiger partial charge < -0.3 is 9.47 Å². The topological polar surface area (TPSA) is 95.7 Å². The maximum Gasteiger partial charge on any atom is 0.311 e. The predicted octanol–water partition coefficient (Wildman–Crippen LogP) is 5.74. The Morgan fingerprint density at radius 1 is 0.828 bits per heavy atom. The largest absolute Gasteiger partial charge is 0.466 e. The van der Waals surface area contributed by atoms with E-state index < -0.39 is 4.92 Å². The van der Waals surface area contributed by atoms with Gasteiger partial charge in [-0.05, 0) is 31.4 Å². The molecular weight excluding hydrogens is 374 g/mol. The van der Waals surface area contributed by atoms with Gasteiger partial charge in [0.05, 0.1) is 11.5 Å². The van der Waals surface area contributed by atoms with Crippen LogP contribution in [0.2, 0.25) is 0 Å². The second-order valence-corrected chi connectivity index (χ2v) is 7.13. The van der Waals surface area contributed by atoms with Crippen LogP contribution in [0.1, 0.15) is 84.0 Å². The number of carbonyl (C=O) groups is 2. The lowest BCUT2D eigenvalue weighted by Gasteiger charge is -2.06. The van der Waals surface area contributed by atoms with Crippen LogP contribution < -0.4 is 4.74 Å². The molecule has 7 heteroatoms. The Hall–Kier alpha value is -2.44. The van der Waals surface area contributed by atoms with Crippen LogP contribution in [-0.2, 0) is 14.3 Å². The highest BCUT2D eigenvalue weighted by Gasteiger charge is 2.09. The van der Waals surface area contributed by atoms with Gasteiger partial charge in [0.2, 0.25) is 0 Å². The molecule has 0 saturated carbocycles. The molecule has 1 aromatic carbocycles. The third-order valence-electron chi connectivity index (χ3n) is 4.55. The molecule has 29 heavy (non-hydrogen) atoms. The molecule has 0 bridgehead atoms. The number of nitro benzene ring substituents is 1. The number of ether oxygens (including phenoxy) is 2. The molecule has 0 aliphatic heterocycles. The van der Waals surface area contributed by atoms with Crippen molar-refractivity contribution in [1.82, 2.24) is 0 Å². The van der Waals surface area contributed by atoms with Crippen LogP contribution in [0.4, 0.5) is 5.69 Å². The van der Waals surface area contributed by atoms with Gasteiger partial charge in [-0.15, -0.1) is 0 Å². The summed E-state index contributed by atoms with van der Waals surface area (Å²) >= 11 is 0. The van der Waals surface area contributed by atoms with Crippen molar-refractivity contribution in [2.24, 2.45) is 0 Å². The Kier molecular flexibility index (Phi) is 13.1. The van der Waals surface area contributed by atoms with Crippen LogP contribution in [0, 0.1) is 10.1 Å². The first kappa shape index (κ1) is 24.6. The summed E-state index contributed by atoms with van der Waals surface area (Å²) in [6.07, 6.45) is 11.0.